The van der Waals surface area contributed by atoms with E-state index < -0.39 is 6.04 Å². The number of carbonyl (C=O) groups is 1. The Balaban J connectivity index is 2.48. The number of ether oxygens (including phenoxy) is 1. The third kappa shape index (κ3) is 2.60. The standard InChI is InChI=1S/C12H13I2NO3/c1-2-18-12(17)10-8-6(3-4-15-10)5-7(13)11(16)9(8)14/h5,10,15-16H,2-4H2,1H3. The number of rotatable bonds is 2. The van der Waals surface area contributed by atoms with Crippen LogP contribution in [-0.2, 0) is 16.0 Å². The van der Waals surface area contributed by atoms with E-state index in [0.29, 0.717) is 6.61 Å². The second kappa shape index (κ2) is 5.91. The fourth-order valence-corrected chi connectivity index (χ4v) is 4.18. The summed E-state index contributed by atoms with van der Waals surface area (Å²) >= 11 is 4.19. The van der Waals surface area contributed by atoms with Gasteiger partial charge in [-0.15, -0.1) is 0 Å². The molecule has 98 valence electrons. The Morgan fingerprint density at radius 2 is 2.33 bits per heavy atom. The minimum absolute atomic E-state index is 0.243. The number of hydrogen-bond donors (Lipinski definition) is 2. The van der Waals surface area contributed by atoms with E-state index in [4.69, 9.17) is 4.74 Å². The van der Waals surface area contributed by atoms with Crippen LogP contribution in [0.15, 0.2) is 6.07 Å². The first-order chi connectivity index (χ1) is 8.56. The lowest BCUT2D eigenvalue weighted by Crippen LogP contribution is -2.37. The molecule has 1 aromatic rings. The molecule has 4 nitrogen and oxygen atoms in total. The van der Waals surface area contributed by atoms with Gasteiger partial charge in [0.15, 0.2) is 0 Å². The van der Waals surface area contributed by atoms with E-state index in [1.54, 1.807) is 6.92 Å². The van der Waals surface area contributed by atoms with Crippen LogP contribution in [-0.4, -0.2) is 24.2 Å². The fraction of sp³-hybridized carbons (Fsp3) is 0.417. The molecule has 0 fully saturated rings. The third-order valence-corrected chi connectivity index (χ3v) is 4.79. The molecule has 0 amide bonds. The largest absolute Gasteiger partial charge is 0.506 e. The van der Waals surface area contributed by atoms with Gasteiger partial charge in [-0.25, -0.2) is 4.79 Å². The molecule has 0 saturated carbocycles. The summed E-state index contributed by atoms with van der Waals surface area (Å²) in [6, 6.07) is 1.48. The number of phenols is 1. The number of fused-ring (bicyclic) bond motifs is 1. The minimum Gasteiger partial charge on any atom is -0.506 e. The number of phenolic OH excluding ortho intramolecular Hbond substituents is 1. The Hall–Kier alpha value is -0.0900. The van der Waals surface area contributed by atoms with Gasteiger partial charge < -0.3 is 15.2 Å². The Labute approximate surface area is 133 Å². The number of benzene rings is 1. The van der Waals surface area contributed by atoms with Crippen molar-refractivity contribution in [3.8, 4) is 5.75 Å². The van der Waals surface area contributed by atoms with Gasteiger partial charge in [0.05, 0.1) is 13.7 Å². The molecule has 1 unspecified atom stereocenters. The van der Waals surface area contributed by atoms with Gasteiger partial charge in [-0.1, -0.05) is 0 Å². The van der Waals surface area contributed by atoms with Gasteiger partial charge in [-0.05, 0) is 70.2 Å². The first kappa shape index (κ1) is 14.3. The van der Waals surface area contributed by atoms with Crippen LogP contribution in [0.1, 0.15) is 24.1 Å². The summed E-state index contributed by atoms with van der Waals surface area (Å²) < 4.78 is 6.63. The van der Waals surface area contributed by atoms with Gasteiger partial charge in [-0.3, -0.25) is 0 Å². The maximum absolute atomic E-state index is 11.9. The van der Waals surface area contributed by atoms with Gasteiger partial charge in [0.2, 0.25) is 0 Å². The highest BCUT2D eigenvalue weighted by Gasteiger charge is 2.31. The van der Waals surface area contributed by atoms with Gasteiger partial charge in [0, 0.05) is 12.1 Å². The third-order valence-electron chi connectivity index (χ3n) is 2.87. The molecule has 1 atom stereocenters. The minimum atomic E-state index is -0.469. The summed E-state index contributed by atoms with van der Waals surface area (Å²) in [6.07, 6.45) is 0.859. The van der Waals surface area contributed by atoms with Crippen LogP contribution in [0.25, 0.3) is 0 Å². The molecule has 18 heavy (non-hydrogen) atoms. The maximum atomic E-state index is 11.9. The van der Waals surface area contributed by atoms with Crippen LogP contribution in [0.4, 0.5) is 0 Å². The molecule has 0 aliphatic carbocycles. The number of hydrogen-bond acceptors (Lipinski definition) is 4. The van der Waals surface area contributed by atoms with Crippen molar-refractivity contribution in [1.29, 1.82) is 0 Å². The molecule has 0 bridgehead atoms. The van der Waals surface area contributed by atoms with Crippen molar-refractivity contribution in [2.24, 2.45) is 0 Å². The van der Waals surface area contributed by atoms with Crippen molar-refractivity contribution >= 4 is 51.2 Å². The molecule has 0 aromatic heterocycles. The average molecular weight is 473 g/mol. The summed E-state index contributed by atoms with van der Waals surface area (Å²) in [6.45, 7) is 2.89. The maximum Gasteiger partial charge on any atom is 0.327 e. The topological polar surface area (TPSA) is 58.6 Å². The second-order valence-corrected chi connectivity index (χ2v) is 6.22. The highest BCUT2D eigenvalue weighted by atomic mass is 127. The number of carbonyl (C=O) groups excluding carboxylic acids is 1. The zero-order valence-electron chi connectivity index (χ0n) is 9.80. The van der Waals surface area contributed by atoms with E-state index >= 15 is 0 Å². The van der Waals surface area contributed by atoms with E-state index in [-0.39, 0.29) is 11.7 Å². The van der Waals surface area contributed by atoms with E-state index in [2.05, 4.69) is 50.5 Å². The molecular weight excluding hydrogens is 460 g/mol. The van der Waals surface area contributed by atoms with Crippen molar-refractivity contribution < 1.29 is 14.6 Å². The van der Waals surface area contributed by atoms with Crippen molar-refractivity contribution in [3.05, 3.63) is 24.3 Å². The van der Waals surface area contributed by atoms with E-state index in [0.717, 1.165) is 31.2 Å². The molecule has 6 heteroatoms. The number of halogens is 2. The molecular formula is C12H13I2NO3. The molecule has 1 aromatic carbocycles. The Bertz CT molecular complexity index is 491. The van der Waals surface area contributed by atoms with Crippen molar-refractivity contribution in [3.63, 3.8) is 0 Å². The molecule has 0 spiro atoms. The first-order valence-corrected chi connectivity index (χ1v) is 7.81. The molecule has 1 heterocycles. The highest BCUT2D eigenvalue weighted by molar-refractivity contribution is 14.1. The van der Waals surface area contributed by atoms with E-state index in [9.17, 15) is 9.90 Å². The number of nitrogens with one attached hydrogen (secondary N) is 1. The lowest BCUT2D eigenvalue weighted by atomic mass is 9.94. The first-order valence-electron chi connectivity index (χ1n) is 5.66. The number of esters is 1. The predicted molar refractivity (Wildman–Crippen MR) is 84.6 cm³/mol. The van der Waals surface area contributed by atoms with Crippen LogP contribution in [0, 0.1) is 7.14 Å². The summed E-state index contributed by atoms with van der Waals surface area (Å²) in [7, 11) is 0. The molecule has 1 aliphatic rings. The lowest BCUT2D eigenvalue weighted by Gasteiger charge is -2.27. The van der Waals surface area contributed by atoms with Crippen LogP contribution in [0.5, 0.6) is 5.75 Å². The molecule has 2 rings (SSSR count). The summed E-state index contributed by atoms with van der Waals surface area (Å²) in [5.41, 5.74) is 1.97. The fourth-order valence-electron chi connectivity index (χ4n) is 2.07. The van der Waals surface area contributed by atoms with E-state index in [1.807, 2.05) is 6.07 Å². The van der Waals surface area contributed by atoms with Gasteiger partial charge in [-0.2, -0.15) is 0 Å². The van der Waals surface area contributed by atoms with Gasteiger partial charge in [0.1, 0.15) is 11.8 Å². The van der Waals surface area contributed by atoms with Crippen molar-refractivity contribution in [2.45, 2.75) is 19.4 Å². The predicted octanol–water partition coefficient (Wildman–Crippen LogP) is 2.35. The van der Waals surface area contributed by atoms with Gasteiger partial charge in [0.25, 0.3) is 0 Å². The van der Waals surface area contributed by atoms with Crippen molar-refractivity contribution in [1.82, 2.24) is 5.32 Å². The SMILES string of the molecule is CCOC(=O)C1NCCc2cc(I)c(O)c(I)c21. The number of aromatic hydroxyl groups is 1. The zero-order valence-corrected chi connectivity index (χ0v) is 14.1. The quantitative estimate of drug-likeness (QED) is 0.512. The second-order valence-electron chi connectivity index (χ2n) is 3.98. The van der Waals surface area contributed by atoms with Crippen molar-refractivity contribution in [2.75, 3.05) is 13.2 Å². The Morgan fingerprint density at radius 3 is 3.00 bits per heavy atom. The van der Waals surface area contributed by atoms with Gasteiger partial charge >= 0.3 is 5.97 Å². The highest BCUT2D eigenvalue weighted by Crippen LogP contribution is 2.37. The molecule has 0 saturated heterocycles. The average Bonchev–Trinajstić information content (AvgIpc) is 2.35. The van der Waals surface area contributed by atoms with Crippen LogP contribution >= 0.6 is 45.2 Å². The summed E-state index contributed by atoms with van der Waals surface area (Å²) in [5.74, 6) is -0.0371. The van der Waals surface area contributed by atoms with Crippen LogP contribution < -0.4 is 5.32 Å². The summed E-state index contributed by atoms with van der Waals surface area (Å²) in [5, 5.41) is 13.2. The van der Waals surface area contributed by atoms with Crippen LogP contribution in [0.3, 0.4) is 0 Å². The van der Waals surface area contributed by atoms with Crippen LogP contribution in [0.2, 0.25) is 0 Å². The monoisotopic (exact) mass is 473 g/mol. The molecule has 0 radical (unpaired) electrons. The molecule has 2 N–H and O–H groups in total. The lowest BCUT2D eigenvalue weighted by molar-refractivity contribution is -0.146. The zero-order chi connectivity index (χ0) is 13.3. The summed E-state index contributed by atoms with van der Waals surface area (Å²) in [4.78, 5) is 11.9. The van der Waals surface area contributed by atoms with E-state index in [1.165, 1.54) is 0 Å². The molecule has 1 aliphatic heterocycles. The normalized spacial score (nSPS) is 18.3. The Kier molecular flexibility index (Phi) is 4.70. The Morgan fingerprint density at radius 1 is 1.61 bits per heavy atom. The smallest absolute Gasteiger partial charge is 0.327 e.